The molecule has 7 nitrogen and oxygen atoms in total. The number of hydrogen-bond donors (Lipinski definition) is 1. The Labute approximate surface area is 168 Å². The molecule has 3 aromatic rings. The summed E-state index contributed by atoms with van der Waals surface area (Å²) in [5.41, 5.74) is 2.04. The second-order valence-corrected chi connectivity index (χ2v) is 7.24. The number of hydrogen-bond acceptors (Lipinski definition) is 6. The van der Waals surface area contributed by atoms with Gasteiger partial charge in [-0.15, -0.1) is 0 Å². The van der Waals surface area contributed by atoms with Gasteiger partial charge in [-0.1, -0.05) is 30.3 Å². The van der Waals surface area contributed by atoms with Gasteiger partial charge in [0.1, 0.15) is 5.82 Å². The van der Waals surface area contributed by atoms with Crippen molar-refractivity contribution in [2.24, 2.45) is 0 Å². The van der Waals surface area contributed by atoms with Crippen LogP contribution in [0.3, 0.4) is 0 Å². The molecule has 4 rings (SSSR count). The van der Waals surface area contributed by atoms with E-state index in [1.807, 2.05) is 18.2 Å². The third-order valence-electron chi connectivity index (χ3n) is 5.29. The van der Waals surface area contributed by atoms with Crippen molar-refractivity contribution in [3.05, 3.63) is 75.8 Å². The summed E-state index contributed by atoms with van der Waals surface area (Å²) in [6.45, 7) is 3.03. The lowest BCUT2D eigenvalue weighted by atomic mass is 10.1. The van der Waals surface area contributed by atoms with E-state index in [-0.39, 0.29) is 11.7 Å². The molecule has 1 saturated heterocycles. The summed E-state index contributed by atoms with van der Waals surface area (Å²) >= 11 is 0. The van der Waals surface area contributed by atoms with Gasteiger partial charge in [-0.05, 0) is 43.6 Å². The number of non-ortho nitro benzene ring substituents is 1. The maximum absolute atomic E-state index is 11.1. The summed E-state index contributed by atoms with van der Waals surface area (Å²) < 4.78 is 0. The lowest BCUT2D eigenvalue weighted by Crippen LogP contribution is -2.29. The molecule has 0 spiro atoms. The van der Waals surface area contributed by atoms with E-state index in [2.05, 4.69) is 33.4 Å². The average Bonchev–Trinajstić information content (AvgIpc) is 3.26. The van der Waals surface area contributed by atoms with Gasteiger partial charge in [-0.2, -0.15) is 5.26 Å². The molecule has 0 radical (unpaired) electrons. The zero-order valence-electron chi connectivity index (χ0n) is 15.9. The van der Waals surface area contributed by atoms with Crippen LogP contribution in [0.2, 0.25) is 0 Å². The molecule has 1 atom stereocenters. The minimum absolute atomic E-state index is 0.0313. The zero-order chi connectivity index (χ0) is 20.2. The van der Waals surface area contributed by atoms with Crippen LogP contribution in [0.4, 0.5) is 11.5 Å². The monoisotopic (exact) mass is 387 g/mol. The van der Waals surface area contributed by atoms with Crippen molar-refractivity contribution < 1.29 is 4.92 Å². The van der Waals surface area contributed by atoms with Gasteiger partial charge in [0, 0.05) is 24.1 Å². The highest BCUT2D eigenvalue weighted by atomic mass is 16.6. The second kappa shape index (κ2) is 8.25. The first-order chi connectivity index (χ1) is 14.1. The van der Waals surface area contributed by atoms with Crippen molar-refractivity contribution in [3.8, 4) is 6.07 Å². The number of aromatic nitrogens is 1. The van der Waals surface area contributed by atoms with E-state index in [0.29, 0.717) is 22.3 Å². The summed E-state index contributed by atoms with van der Waals surface area (Å²) in [5.74, 6) is 0.593. The standard InChI is InChI=1S/C22H21N5O2/c23-14-17-12-22(24-20-9-8-18(27(28)29)13-19(17)20)25-21(15-26-10-4-5-11-26)16-6-2-1-3-7-16/h1-3,6-9,12-13,21H,4-5,10-11,15H2,(H,24,25). The fourth-order valence-corrected chi connectivity index (χ4v) is 3.82. The molecule has 2 aromatic carbocycles. The first kappa shape index (κ1) is 18.8. The molecule has 2 heterocycles. The van der Waals surface area contributed by atoms with E-state index in [1.165, 1.54) is 25.0 Å². The van der Waals surface area contributed by atoms with Gasteiger partial charge in [0.05, 0.1) is 28.1 Å². The Balaban J connectivity index is 1.68. The first-order valence-corrected chi connectivity index (χ1v) is 9.67. The Morgan fingerprint density at radius 2 is 1.93 bits per heavy atom. The van der Waals surface area contributed by atoms with E-state index in [9.17, 15) is 15.4 Å². The average molecular weight is 387 g/mol. The Kier molecular flexibility index (Phi) is 5.36. The minimum Gasteiger partial charge on any atom is -0.362 e. The molecule has 29 heavy (non-hydrogen) atoms. The van der Waals surface area contributed by atoms with E-state index in [0.717, 1.165) is 25.2 Å². The number of anilines is 1. The topological polar surface area (TPSA) is 95.1 Å². The molecule has 0 bridgehead atoms. The number of pyridine rings is 1. The molecule has 0 amide bonds. The number of nitrogens with zero attached hydrogens (tertiary/aromatic N) is 4. The number of benzene rings is 2. The van der Waals surface area contributed by atoms with E-state index >= 15 is 0 Å². The van der Waals surface area contributed by atoms with Gasteiger partial charge >= 0.3 is 0 Å². The molecular formula is C22H21N5O2. The normalized spacial score (nSPS) is 15.1. The van der Waals surface area contributed by atoms with Gasteiger partial charge in [-0.3, -0.25) is 10.1 Å². The predicted molar refractivity (Wildman–Crippen MR) is 112 cm³/mol. The zero-order valence-corrected chi connectivity index (χ0v) is 15.9. The van der Waals surface area contributed by atoms with E-state index in [1.54, 1.807) is 12.1 Å². The van der Waals surface area contributed by atoms with Crippen LogP contribution < -0.4 is 5.32 Å². The van der Waals surface area contributed by atoms with E-state index < -0.39 is 4.92 Å². The van der Waals surface area contributed by atoms with Gasteiger partial charge in [-0.25, -0.2) is 4.98 Å². The third kappa shape index (κ3) is 4.18. The highest BCUT2D eigenvalue weighted by Gasteiger charge is 2.20. The molecule has 1 aliphatic heterocycles. The molecule has 146 valence electrons. The van der Waals surface area contributed by atoms with Crippen LogP contribution in [-0.2, 0) is 0 Å². The molecule has 1 aromatic heterocycles. The van der Waals surface area contributed by atoms with Crippen LogP contribution in [0.1, 0.15) is 30.0 Å². The van der Waals surface area contributed by atoms with E-state index in [4.69, 9.17) is 0 Å². The van der Waals surface area contributed by atoms with Gasteiger partial charge in [0.25, 0.3) is 5.69 Å². The Morgan fingerprint density at radius 1 is 1.17 bits per heavy atom. The highest BCUT2D eigenvalue weighted by Crippen LogP contribution is 2.27. The maximum Gasteiger partial charge on any atom is 0.270 e. The van der Waals surface area contributed by atoms with Gasteiger partial charge < -0.3 is 10.2 Å². The molecule has 1 N–H and O–H groups in total. The molecule has 7 heteroatoms. The smallest absolute Gasteiger partial charge is 0.270 e. The van der Waals surface area contributed by atoms with Crippen LogP contribution >= 0.6 is 0 Å². The number of likely N-dealkylation sites (tertiary alicyclic amines) is 1. The number of fused-ring (bicyclic) bond motifs is 1. The maximum atomic E-state index is 11.1. The van der Waals surface area contributed by atoms with Crippen LogP contribution in [0.25, 0.3) is 10.9 Å². The SMILES string of the molecule is N#Cc1cc(NC(CN2CCCC2)c2ccccc2)nc2ccc([N+](=O)[O-])cc12. The van der Waals surface area contributed by atoms with Gasteiger partial charge in [0.2, 0.25) is 0 Å². The number of nitriles is 1. The van der Waals surface area contributed by atoms with Crippen molar-refractivity contribution in [2.45, 2.75) is 18.9 Å². The summed E-state index contributed by atoms with van der Waals surface area (Å²) in [7, 11) is 0. The summed E-state index contributed by atoms with van der Waals surface area (Å²) in [6.07, 6.45) is 2.43. The Bertz CT molecular complexity index is 1070. The highest BCUT2D eigenvalue weighted by molar-refractivity contribution is 5.88. The van der Waals surface area contributed by atoms with Crippen LogP contribution in [-0.4, -0.2) is 34.4 Å². The Morgan fingerprint density at radius 3 is 2.62 bits per heavy atom. The van der Waals surface area contributed by atoms with Gasteiger partial charge in [0.15, 0.2) is 0 Å². The molecule has 1 aliphatic rings. The molecule has 0 aliphatic carbocycles. The fraction of sp³-hybridized carbons (Fsp3) is 0.273. The lowest BCUT2D eigenvalue weighted by molar-refractivity contribution is -0.384. The summed E-state index contributed by atoms with van der Waals surface area (Å²) in [5, 5.41) is 24.6. The molecule has 1 fully saturated rings. The minimum atomic E-state index is -0.464. The van der Waals surface area contributed by atoms with Crippen LogP contribution in [0.15, 0.2) is 54.6 Å². The number of nitro benzene ring substituents is 1. The fourth-order valence-electron chi connectivity index (χ4n) is 3.82. The first-order valence-electron chi connectivity index (χ1n) is 9.67. The number of rotatable bonds is 6. The van der Waals surface area contributed by atoms with Crippen molar-refractivity contribution in [2.75, 3.05) is 25.0 Å². The van der Waals surface area contributed by atoms with Crippen LogP contribution in [0, 0.1) is 21.4 Å². The molecule has 1 unspecified atom stereocenters. The summed E-state index contributed by atoms with van der Waals surface area (Å²) in [6, 6.07) is 18.5. The quantitative estimate of drug-likeness (QED) is 0.501. The van der Waals surface area contributed by atoms with Crippen molar-refractivity contribution >= 4 is 22.4 Å². The number of nitro groups is 1. The largest absolute Gasteiger partial charge is 0.362 e. The third-order valence-corrected chi connectivity index (χ3v) is 5.29. The van der Waals surface area contributed by atoms with Crippen molar-refractivity contribution in [1.82, 2.24) is 9.88 Å². The second-order valence-electron chi connectivity index (χ2n) is 7.24. The predicted octanol–water partition coefficient (Wildman–Crippen LogP) is 4.26. The molecule has 0 saturated carbocycles. The number of nitrogens with one attached hydrogen (secondary N) is 1. The van der Waals surface area contributed by atoms with Crippen molar-refractivity contribution in [1.29, 1.82) is 5.26 Å². The lowest BCUT2D eigenvalue weighted by Gasteiger charge is -2.25. The Hall–Kier alpha value is -3.50. The molecular weight excluding hydrogens is 366 g/mol. The van der Waals surface area contributed by atoms with Crippen molar-refractivity contribution in [3.63, 3.8) is 0 Å². The summed E-state index contributed by atoms with van der Waals surface area (Å²) in [4.78, 5) is 17.7. The van der Waals surface area contributed by atoms with Crippen LogP contribution in [0.5, 0.6) is 0 Å².